The Kier molecular flexibility index (Phi) is 7.71. The molecule has 1 fully saturated rings. The number of alkyl halides is 3. The third kappa shape index (κ3) is 6.49. The maximum atomic E-state index is 12.9. The molecule has 0 spiro atoms. The molecule has 0 saturated carbocycles. The molecular formula is C24H22F3N3O7S. The molecule has 1 aliphatic heterocycles. The van der Waals surface area contributed by atoms with Crippen LogP contribution in [0.4, 0.5) is 13.2 Å². The second kappa shape index (κ2) is 10.8. The fraction of sp³-hybridized carbons (Fsp3) is 0.333. The number of esters is 1. The van der Waals surface area contributed by atoms with E-state index in [2.05, 4.69) is 14.9 Å². The highest BCUT2D eigenvalue weighted by atomic mass is 32.2. The van der Waals surface area contributed by atoms with E-state index in [1.54, 1.807) is 4.90 Å². The number of hydrogen-bond donors (Lipinski definition) is 0. The van der Waals surface area contributed by atoms with Crippen LogP contribution in [0.1, 0.15) is 23.4 Å². The van der Waals surface area contributed by atoms with E-state index in [9.17, 15) is 31.2 Å². The number of ether oxygens (including phenoxy) is 2. The van der Waals surface area contributed by atoms with E-state index < -0.39 is 27.7 Å². The highest BCUT2D eigenvalue weighted by Gasteiger charge is 2.42. The standard InChI is InChI=1S/C24H22F3N3O7S/c1-38(33,34)18-4-2-16(3-5-18)21-20(36-23(32)24(25,26)27)12-17(13-28-21)35-14-15-7-10-30(11-8-15)22(31)19-6-9-29-37-19/h2-6,9,12-13,15H,7-8,10-11,14H2,1H3. The molecule has 202 valence electrons. The van der Waals surface area contributed by atoms with Gasteiger partial charge < -0.3 is 18.9 Å². The fourth-order valence-electron chi connectivity index (χ4n) is 3.82. The van der Waals surface area contributed by atoms with Crippen LogP contribution in [0.3, 0.4) is 0 Å². The summed E-state index contributed by atoms with van der Waals surface area (Å²) in [6.07, 6.45) is -0.333. The van der Waals surface area contributed by atoms with Gasteiger partial charge in [0.05, 0.1) is 23.9 Å². The van der Waals surface area contributed by atoms with Gasteiger partial charge in [-0.2, -0.15) is 13.2 Å². The Morgan fingerprint density at radius 1 is 1.13 bits per heavy atom. The lowest BCUT2D eigenvalue weighted by molar-refractivity contribution is -0.189. The van der Waals surface area contributed by atoms with Gasteiger partial charge in [-0.25, -0.2) is 18.2 Å². The summed E-state index contributed by atoms with van der Waals surface area (Å²) < 4.78 is 77.3. The van der Waals surface area contributed by atoms with E-state index in [0.29, 0.717) is 25.9 Å². The van der Waals surface area contributed by atoms with Crippen LogP contribution >= 0.6 is 0 Å². The molecule has 1 amide bonds. The van der Waals surface area contributed by atoms with E-state index in [1.807, 2.05) is 0 Å². The molecule has 4 rings (SSSR count). The number of rotatable bonds is 7. The van der Waals surface area contributed by atoms with Gasteiger partial charge in [0.25, 0.3) is 5.91 Å². The van der Waals surface area contributed by atoms with Gasteiger partial charge in [-0.1, -0.05) is 17.3 Å². The molecule has 10 nitrogen and oxygen atoms in total. The lowest BCUT2D eigenvalue weighted by atomic mass is 9.97. The topological polar surface area (TPSA) is 129 Å². The van der Waals surface area contributed by atoms with Crippen molar-refractivity contribution in [3.05, 3.63) is 54.6 Å². The largest absolute Gasteiger partial charge is 0.492 e. The summed E-state index contributed by atoms with van der Waals surface area (Å²) in [4.78, 5) is 29.7. The Morgan fingerprint density at radius 3 is 2.39 bits per heavy atom. The van der Waals surface area contributed by atoms with Crippen molar-refractivity contribution in [2.75, 3.05) is 26.0 Å². The van der Waals surface area contributed by atoms with Crippen LogP contribution in [0, 0.1) is 5.92 Å². The molecular weight excluding hydrogens is 531 g/mol. The molecule has 3 aromatic rings. The van der Waals surface area contributed by atoms with Crippen LogP contribution in [-0.2, 0) is 14.6 Å². The van der Waals surface area contributed by atoms with Gasteiger partial charge in [0, 0.05) is 37.0 Å². The summed E-state index contributed by atoms with van der Waals surface area (Å²) in [6.45, 7) is 1.12. The number of likely N-dealkylation sites (tertiary alicyclic amines) is 1. The number of aromatic nitrogens is 2. The first-order valence-electron chi connectivity index (χ1n) is 11.3. The van der Waals surface area contributed by atoms with Crippen LogP contribution in [0.25, 0.3) is 11.3 Å². The maximum Gasteiger partial charge on any atom is 0.491 e. The van der Waals surface area contributed by atoms with Crippen molar-refractivity contribution < 1.29 is 45.2 Å². The molecule has 0 atom stereocenters. The number of piperidine rings is 1. The number of pyridine rings is 1. The molecule has 38 heavy (non-hydrogen) atoms. The van der Waals surface area contributed by atoms with Crippen molar-refractivity contribution in [2.24, 2.45) is 5.92 Å². The van der Waals surface area contributed by atoms with Crippen LogP contribution in [0.2, 0.25) is 0 Å². The average molecular weight is 554 g/mol. The smallest absolute Gasteiger partial charge is 0.491 e. The summed E-state index contributed by atoms with van der Waals surface area (Å²) in [7, 11) is -3.50. The third-order valence-electron chi connectivity index (χ3n) is 5.85. The lowest BCUT2D eigenvalue weighted by Crippen LogP contribution is -2.39. The van der Waals surface area contributed by atoms with Gasteiger partial charge in [0.2, 0.25) is 5.76 Å². The van der Waals surface area contributed by atoms with Crippen molar-refractivity contribution >= 4 is 21.7 Å². The normalized spacial score (nSPS) is 14.8. The predicted molar refractivity (Wildman–Crippen MR) is 125 cm³/mol. The number of carbonyl (C=O) groups is 2. The van der Waals surface area contributed by atoms with E-state index in [-0.39, 0.29) is 46.1 Å². The molecule has 0 bridgehead atoms. The number of benzene rings is 1. The van der Waals surface area contributed by atoms with Gasteiger partial charge in [-0.3, -0.25) is 4.79 Å². The second-order valence-corrected chi connectivity index (χ2v) is 10.6. The average Bonchev–Trinajstić information content (AvgIpc) is 3.42. The SMILES string of the molecule is CS(=O)(=O)c1ccc(-c2ncc(OCC3CCN(C(=O)c4ccno4)CC3)cc2OC(=O)C(F)(F)F)cc1. The first-order valence-corrected chi connectivity index (χ1v) is 13.2. The van der Waals surface area contributed by atoms with Crippen molar-refractivity contribution in [1.29, 1.82) is 0 Å². The molecule has 0 unspecified atom stereocenters. The van der Waals surface area contributed by atoms with Crippen LogP contribution < -0.4 is 9.47 Å². The van der Waals surface area contributed by atoms with Crippen LogP contribution in [-0.4, -0.2) is 67.5 Å². The van der Waals surface area contributed by atoms with Crippen LogP contribution in [0.15, 0.2) is 58.2 Å². The summed E-state index contributed by atoms with van der Waals surface area (Å²) in [5, 5.41) is 3.53. The van der Waals surface area contributed by atoms with Crippen molar-refractivity contribution in [3.8, 4) is 22.8 Å². The fourth-order valence-corrected chi connectivity index (χ4v) is 4.45. The van der Waals surface area contributed by atoms with Crippen molar-refractivity contribution in [2.45, 2.75) is 23.9 Å². The molecule has 0 radical (unpaired) electrons. The summed E-state index contributed by atoms with van der Waals surface area (Å²) in [6, 6.07) is 7.84. The van der Waals surface area contributed by atoms with Gasteiger partial charge in [-0.05, 0) is 30.9 Å². The second-order valence-electron chi connectivity index (χ2n) is 8.62. The van der Waals surface area contributed by atoms with E-state index in [0.717, 1.165) is 12.3 Å². The minimum Gasteiger partial charge on any atom is -0.492 e. The van der Waals surface area contributed by atoms with Crippen molar-refractivity contribution in [1.82, 2.24) is 15.0 Å². The number of amides is 1. The molecule has 14 heteroatoms. The Balaban J connectivity index is 1.46. The zero-order valence-corrected chi connectivity index (χ0v) is 20.8. The minimum absolute atomic E-state index is 0.00335. The highest BCUT2D eigenvalue weighted by Crippen LogP contribution is 2.34. The number of sulfone groups is 1. The lowest BCUT2D eigenvalue weighted by Gasteiger charge is -2.31. The zero-order valence-electron chi connectivity index (χ0n) is 20.0. The predicted octanol–water partition coefficient (Wildman–Crippen LogP) is 3.54. The molecule has 1 aromatic carbocycles. The number of carbonyl (C=O) groups excluding carboxylic acids is 2. The Labute approximate surface area is 215 Å². The summed E-state index contributed by atoms with van der Waals surface area (Å²) >= 11 is 0. The van der Waals surface area contributed by atoms with E-state index in [4.69, 9.17) is 9.26 Å². The molecule has 2 aromatic heterocycles. The van der Waals surface area contributed by atoms with Gasteiger partial charge >= 0.3 is 12.1 Å². The first kappa shape index (κ1) is 27.1. The summed E-state index contributed by atoms with van der Waals surface area (Å²) in [5.74, 6) is -2.91. The van der Waals surface area contributed by atoms with Crippen LogP contribution in [0.5, 0.6) is 11.5 Å². The molecule has 0 aliphatic carbocycles. The van der Waals surface area contributed by atoms with Gasteiger partial charge in [-0.15, -0.1) is 0 Å². The molecule has 1 saturated heterocycles. The Morgan fingerprint density at radius 2 is 1.82 bits per heavy atom. The summed E-state index contributed by atoms with van der Waals surface area (Å²) in [5.41, 5.74) is 0.131. The quantitative estimate of drug-likeness (QED) is 0.404. The van der Waals surface area contributed by atoms with Gasteiger partial charge in [0.1, 0.15) is 11.4 Å². The first-order chi connectivity index (χ1) is 17.9. The minimum atomic E-state index is -5.24. The molecule has 0 N–H and O–H groups in total. The van der Waals surface area contributed by atoms with E-state index >= 15 is 0 Å². The zero-order chi connectivity index (χ0) is 27.5. The maximum absolute atomic E-state index is 12.9. The highest BCUT2D eigenvalue weighted by molar-refractivity contribution is 7.90. The molecule has 1 aliphatic rings. The number of hydrogen-bond acceptors (Lipinski definition) is 9. The molecule has 3 heterocycles. The van der Waals surface area contributed by atoms with Crippen molar-refractivity contribution in [3.63, 3.8) is 0 Å². The number of nitrogens with zero attached hydrogens (tertiary/aromatic N) is 3. The monoisotopic (exact) mass is 553 g/mol. The van der Waals surface area contributed by atoms with E-state index in [1.165, 1.54) is 42.7 Å². The third-order valence-corrected chi connectivity index (χ3v) is 6.98. The number of halogens is 3. The Hall–Kier alpha value is -3.94. The Bertz CT molecular complexity index is 1400. The van der Waals surface area contributed by atoms with Gasteiger partial charge in [0.15, 0.2) is 15.6 Å².